The van der Waals surface area contributed by atoms with Crippen molar-refractivity contribution in [3.05, 3.63) is 12.1 Å². The van der Waals surface area contributed by atoms with Crippen LogP contribution in [-0.4, -0.2) is 11.0 Å². The molecule has 0 spiro atoms. The van der Waals surface area contributed by atoms with E-state index in [0.29, 0.717) is 17.5 Å². The fourth-order valence-corrected chi connectivity index (χ4v) is 0.862. The molecule has 0 aromatic carbocycles. The van der Waals surface area contributed by atoms with E-state index in [1.807, 2.05) is 19.9 Å². The quantitative estimate of drug-likeness (QED) is 0.614. The number of aromatic nitrogens is 1. The smallest absolute Gasteiger partial charge is 0.149 e. The number of hydrogen-bond acceptors (Lipinski definition) is 4. The maximum atomic E-state index is 5.52. The number of hydrogen-bond donors (Lipinski definition) is 3. The van der Waals surface area contributed by atoms with Crippen LogP contribution in [0.3, 0.4) is 0 Å². The van der Waals surface area contributed by atoms with Crippen molar-refractivity contribution < 1.29 is 0 Å². The molecule has 0 fully saturated rings. The summed E-state index contributed by atoms with van der Waals surface area (Å²) >= 11 is 0. The average molecular weight is 166 g/mol. The van der Waals surface area contributed by atoms with Crippen molar-refractivity contribution in [2.75, 3.05) is 16.8 Å². The van der Waals surface area contributed by atoms with E-state index in [1.54, 1.807) is 6.07 Å². The fraction of sp³-hybridized carbons (Fsp3) is 0.375. The summed E-state index contributed by atoms with van der Waals surface area (Å²) in [5, 5.41) is 3.13. The Morgan fingerprint density at radius 2 is 2.00 bits per heavy atom. The first-order valence-corrected chi connectivity index (χ1v) is 3.88. The van der Waals surface area contributed by atoms with Gasteiger partial charge in [0.05, 0.1) is 5.69 Å². The van der Waals surface area contributed by atoms with Gasteiger partial charge < -0.3 is 16.8 Å². The Morgan fingerprint density at radius 3 is 2.50 bits per heavy atom. The molecule has 1 aromatic heterocycles. The zero-order chi connectivity index (χ0) is 9.14. The fourth-order valence-electron chi connectivity index (χ4n) is 0.862. The van der Waals surface area contributed by atoms with E-state index in [-0.39, 0.29) is 0 Å². The van der Waals surface area contributed by atoms with Crippen LogP contribution in [0.5, 0.6) is 0 Å². The van der Waals surface area contributed by atoms with Crippen LogP contribution < -0.4 is 16.8 Å². The van der Waals surface area contributed by atoms with Gasteiger partial charge in [-0.05, 0) is 26.0 Å². The van der Waals surface area contributed by atoms with E-state index in [2.05, 4.69) is 10.3 Å². The molecule has 0 unspecified atom stereocenters. The SMILES string of the molecule is CC(C)Nc1ccc(N)c(N)n1. The molecule has 5 N–H and O–H groups in total. The van der Waals surface area contributed by atoms with Crippen LogP contribution >= 0.6 is 0 Å². The van der Waals surface area contributed by atoms with Gasteiger partial charge in [0.1, 0.15) is 11.6 Å². The van der Waals surface area contributed by atoms with Crippen LogP contribution in [0.4, 0.5) is 17.3 Å². The van der Waals surface area contributed by atoms with E-state index < -0.39 is 0 Å². The van der Waals surface area contributed by atoms with Crippen LogP contribution in [0.25, 0.3) is 0 Å². The van der Waals surface area contributed by atoms with Gasteiger partial charge in [0.25, 0.3) is 0 Å². The highest BCUT2D eigenvalue weighted by Crippen LogP contribution is 2.14. The van der Waals surface area contributed by atoms with E-state index >= 15 is 0 Å². The van der Waals surface area contributed by atoms with Gasteiger partial charge >= 0.3 is 0 Å². The minimum atomic E-state index is 0.348. The lowest BCUT2D eigenvalue weighted by atomic mass is 10.3. The Bertz CT molecular complexity index is 270. The molecule has 0 saturated carbocycles. The van der Waals surface area contributed by atoms with Crippen LogP contribution in [-0.2, 0) is 0 Å². The summed E-state index contributed by atoms with van der Waals surface area (Å²) in [7, 11) is 0. The lowest BCUT2D eigenvalue weighted by Crippen LogP contribution is -2.12. The molecule has 4 nitrogen and oxygen atoms in total. The first-order chi connectivity index (χ1) is 5.59. The first kappa shape index (κ1) is 8.64. The molecule has 1 heterocycles. The summed E-state index contributed by atoms with van der Waals surface area (Å²) in [5.74, 6) is 1.14. The number of pyridine rings is 1. The Hall–Kier alpha value is -1.45. The van der Waals surface area contributed by atoms with Gasteiger partial charge in [-0.15, -0.1) is 0 Å². The largest absolute Gasteiger partial charge is 0.396 e. The lowest BCUT2D eigenvalue weighted by Gasteiger charge is -2.09. The lowest BCUT2D eigenvalue weighted by molar-refractivity contribution is 0.890. The molecule has 1 aromatic rings. The number of nitrogens with two attached hydrogens (primary N) is 2. The molecule has 0 bridgehead atoms. The van der Waals surface area contributed by atoms with E-state index in [1.165, 1.54) is 0 Å². The molecule has 0 aliphatic heterocycles. The van der Waals surface area contributed by atoms with Crippen LogP contribution in [0.1, 0.15) is 13.8 Å². The van der Waals surface area contributed by atoms with Gasteiger partial charge in [-0.25, -0.2) is 4.98 Å². The number of anilines is 3. The Morgan fingerprint density at radius 1 is 1.33 bits per heavy atom. The second kappa shape index (κ2) is 3.30. The Balaban J connectivity index is 2.82. The van der Waals surface area contributed by atoms with Gasteiger partial charge in [-0.3, -0.25) is 0 Å². The van der Waals surface area contributed by atoms with Gasteiger partial charge in [0, 0.05) is 6.04 Å². The third-order valence-corrected chi connectivity index (χ3v) is 1.39. The predicted octanol–water partition coefficient (Wildman–Crippen LogP) is 1.07. The molecule has 0 saturated heterocycles. The minimum absolute atomic E-state index is 0.348. The van der Waals surface area contributed by atoms with E-state index in [9.17, 15) is 0 Å². The maximum absolute atomic E-state index is 5.52. The molecule has 66 valence electrons. The van der Waals surface area contributed by atoms with Crippen LogP contribution in [0.15, 0.2) is 12.1 Å². The molecular formula is C8H14N4. The number of nitrogens with zero attached hydrogens (tertiary/aromatic N) is 1. The highest BCUT2D eigenvalue weighted by atomic mass is 15.0. The minimum Gasteiger partial charge on any atom is -0.396 e. The molecule has 0 radical (unpaired) electrons. The summed E-state index contributed by atoms with van der Waals surface area (Å²) in [5.41, 5.74) is 11.5. The Labute approximate surface area is 72.0 Å². The summed E-state index contributed by atoms with van der Waals surface area (Å²) in [6, 6.07) is 3.90. The van der Waals surface area contributed by atoms with E-state index in [0.717, 1.165) is 5.82 Å². The molecule has 12 heavy (non-hydrogen) atoms. The summed E-state index contributed by atoms with van der Waals surface area (Å²) < 4.78 is 0. The van der Waals surface area contributed by atoms with Gasteiger partial charge in [0.2, 0.25) is 0 Å². The average Bonchev–Trinajstić information content (AvgIpc) is 1.96. The Kier molecular flexibility index (Phi) is 2.38. The van der Waals surface area contributed by atoms with Crippen molar-refractivity contribution in [1.82, 2.24) is 4.98 Å². The van der Waals surface area contributed by atoms with Crippen molar-refractivity contribution in [2.24, 2.45) is 0 Å². The van der Waals surface area contributed by atoms with E-state index in [4.69, 9.17) is 11.5 Å². The summed E-state index contributed by atoms with van der Waals surface area (Å²) in [6.07, 6.45) is 0. The maximum Gasteiger partial charge on any atom is 0.149 e. The molecule has 4 heteroatoms. The first-order valence-electron chi connectivity index (χ1n) is 3.88. The molecule has 0 aliphatic rings. The monoisotopic (exact) mass is 166 g/mol. The molecule has 0 amide bonds. The highest BCUT2D eigenvalue weighted by molar-refractivity contribution is 5.61. The molecular weight excluding hydrogens is 152 g/mol. The summed E-state index contributed by atoms with van der Waals surface area (Å²) in [6.45, 7) is 4.07. The second-order valence-electron chi connectivity index (χ2n) is 2.97. The number of nitrogens with one attached hydrogen (secondary N) is 1. The topological polar surface area (TPSA) is 77.0 Å². The normalized spacial score (nSPS) is 10.2. The zero-order valence-electron chi connectivity index (χ0n) is 7.33. The number of rotatable bonds is 2. The molecule has 1 rings (SSSR count). The number of nitrogen functional groups attached to an aromatic ring is 2. The van der Waals surface area contributed by atoms with Crippen LogP contribution in [0, 0.1) is 0 Å². The third kappa shape index (κ3) is 2.02. The zero-order valence-corrected chi connectivity index (χ0v) is 7.33. The molecule has 0 aliphatic carbocycles. The van der Waals surface area contributed by atoms with Gasteiger partial charge in [-0.1, -0.05) is 0 Å². The third-order valence-electron chi connectivity index (χ3n) is 1.39. The van der Waals surface area contributed by atoms with Crippen molar-refractivity contribution in [2.45, 2.75) is 19.9 Å². The van der Waals surface area contributed by atoms with Crippen molar-refractivity contribution >= 4 is 17.3 Å². The van der Waals surface area contributed by atoms with Crippen LogP contribution in [0.2, 0.25) is 0 Å². The second-order valence-corrected chi connectivity index (χ2v) is 2.97. The predicted molar refractivity (Wildman–Crippen MR) is 51.8 cm³/mol. The van der Waals surface area contributed by atoms with Gasteiger partial charge in [-0.2, -0.15) is 0 Å². The van der Waals surface area contributed by atoms with Crippen molar-refractivity contribution in [3.63, 3.8) is 0 Å². The standard InChI is InChI=1S/C8H14N4/c1-5(2)11-7-4-3-6(9)8(10)12-7/h3-5H,9H2,1-2H3,(H3,10,11,12). The summed E-state index contributed by atoms with van der Waals surface area (Å²) in [4.78, 5) is 4.05. The van der Waals surface area contributed by atoms with Crippen molar-refractivity contribution in [1.29, 1.82) is 0 Å². The van der Waals surface area contributed by atoms with Crippen molar-refractivity contribution in [3.8, 4) is 0 Å². The van der Waals surface area contributed by atoms with Gasteiger partial charge in [0.15, 0.2) is 0 Å². The highest BCUT2D eigenvalue weighted by Gasteiger charge is 1.99. The molecule has 0 atom stereocenters.